The number of anilines is 1. The standard InChI is InChI=1S/C20H15ClN4O2S/c1-2-9-25-19(27)15-5-3-4-6-17(15)24-20(25)28-12-18(26)23-14-8-7-13(11-22)16(21)10-14/h2-8,10H,1,9,12H2,(H,23,26). The van der Waals surface area contributed by atoms with E-state index in [0.717, 1.165) is 11.8 Å². The molecule has 28 heavy (non-hydrogen) atoms. The minimum absolute atomic E-state index is 0.0551. The maximum atomic E-state index is 12.7. The van der Waals surface area contributed by atoms with Crippen LogP contribution in [0.15, 0.2) is 65.1 Å². The van der Waals surface area contributed by atoms with E-state index in [0.29, 0.717) is 33.9 Å². The van der Waals surface area contributed by atoms with Gasteiger partial charge < -0.3 is 5.32 Å². The number of nitriles is 1. The molecule has 140 valence electrons. The fourth-order valence-electron chi connectivity index (χ4n) is 2.56. The summed E-state index contributed by atoms with van der Waals surface area (Å²) >= 11 is 7.14. The van der Waals surface area contributed by atoms with Gasteiger partial charge >= 0.3 is 0 Å². The summed E-state index contributed by atoms with van der Waals surface area (Å²) < 4.78 is 1.49. The van der Waals surface area contributed by atoms with E-state index in [1.807, 2.05) is 12.1 Å². The van der Waals surface area contributed by atoms with Crippen LogP contribution in [-0.2, 0) is 11.3 Å². The number of amides is 1. The number of hydrogen-bond donors (Lipinski definition) is 1. The van der Waals surface area contributed by atoms with Crippen LogP contribution in [0.2, 0.25) is 5.02 Å². The Kier molecular flexibility index (Phi) is 6.14. The van der Waals surface area contributed by atoms with Crippen molar-refractivity contribution in [3.05, 3.63) is 76.1 Å². The molecule has 0 bridgehead atoms. The maximum absolute atomic E-state index is 12.7. The number of nitrogens with one attached hydrogen (secondary N) is 1. The Morgan fingerprint density at radius 3 is 2.86 bits per heavy atom. The number of thioether (sulfide) groups is 1. The highest BCUT2D eigenvalue weighted by molar-refractivity contribution is 7.99. The fourth-order valence-corrected chi connectivity index (χ4v) is 3.59. The quantitative estimate of drug-likeness (QED) is 0.379. The van der Waals surface area contributed by atoms with Crippen molar-refractivity contribution >= 4 is 45.9 Å². The van der Waals surface area contributed by atoms with Crippen molar-refractivity contribution < 1.29 is 4.79 Å². The number of rotatable bonds is 6. The molecule has 0 saturated carbocycles. The van der Waals surface area contributed by atoms with Crippen LogP contribution in [0.1, 0.15) is 5.56 Å². The van der Waals surface area contributed by atoms with Gasteiger partial charge in [-0.1, -0.05) is 41.6 Å². The first kappa shape index (κ1) is 19.7. The van der Waals surface area contributed by atoms with Gasteiger partial charge in [-0.3, -0.25) is 14.2 Å². The average Bonchev–Trinajstić information content (AvgIpc) is 2.69. The Hall–Kier alpha value is -3.08. The van der Waals surface area contributed by atoms with Gasteiger partial charge in [-0.25, -0.2) is 4.98 Å². The van der Waals surface area contributed by atoms with Crippen molar-refractivity contribution in [3.8, 4) is 6.07 Å². The molecule has 0 spiro atoms. The second-order valence-electron chi connectivity index (χ2n) is 5.76. The number of para-hydroxylation sites is 1. The molecular weight excluding hydrogens is 396 g/mol. The van der Waals surface area contributed by atoms with Crippen molar-refractivity contribution in [2.45, 2.75) is 11.7 Å². The lowest BCUT2D eigenvalue weighted by atomic mass is 10.2. The van der Waals surface area contributed by atoms with Crippen LogP contribution in [0, 0.1) is 11.3 Å². The Balaban J connectivity index is 1.79. The van der Waals surface area contributed by atoms with Gasteiger partial charge in [0.1, 0.15) is 6.07 Å². The van der Waals surface area contributed by atoms with E-state index >= 15 is 0 Å². The minimum Gasteiger partial charge on any atom is -0.325 e. The Morgan fingerprint density at radius 2 is 2.14 bits per heavy atom. The molecular formula is C20H15ClN4O2S. The Morgan fingerprint density at radius 1 is 1.36 bits per heavy atom. The second-order valence-corrected chi connectivity index (χ2v) is 7.11. The first-order valence-corrected chi connectivity index (χ1v) is 9.62. The second kappa shape index (κ2) is 8.74. The Labute approximate surface area is 170 Å². The third-order valence-electron chi connectivity index (χ3n) is 3.84. The summed E-state index contributed by atoms with van der Waals surface area (Å²) in [5, 5.41) is 12.8. The van der Waals surface area contributed by atoms with E-state index in [9.17, 15) is 9.59 Å². The SMILES string of the molecule is C=CCn1c(SCC(=O)Nc2ccc(C#N)c(Cl)c2)nc2ccccc2c1=O. The fraction of sp³-hybridized carbons (Fsp3) is 0.100. The molecule has 0 unspecified atom stereocenters. The highest BCUT2D eigenvalue weighted by Crippen LogP contribution is 2.21. The summed E-state index contributed by atoms with van der Waals surface area (Å²) in [7, 11) is 0. The van der Waals surface area contributed by atoms with Gasteiger partial charge in [-0.15, -0.1) is 6.58 Å². The first-order valence-electron chi connectivity index (χ1n) is 8.26. The predicted molar refractivity (Wildman–Crippen MR) is 112 cm³/mol. The summed E-state index contributed by atoms with van der Waals surface area (Å²) in [5.41, 5.74) is 1.23. The molecule has 3 rings (SSSR count). The van der Waals surface area contributed by atoms with Crippen LogP contribution in [0.5, 0.6) is 0 Å². The van der Waals surface area contributed by atoms with E-state index in [1.165, 1.54) is 16.7 Å². The number of aromatic nitrogens is 2. The number of carbonyl (C=O) groups excluding carboxylic acids is 1. The molecule has 3 aromatic rings. The molecule has 0 aliphatic heterocycles. The van der Waals surface area contributed by atoms with Gasteiger partial charge in [0.25, 0.3) is 5.56 Å². The molecule has 1 aromatic heterocycles. The third-order valence-corrected chi connectivity index (χ3v) is 5.13. The zero-order valence-corrected chi connectivity index (χ0v) is 16.3. The largest absolute Gasteiger partial charge is 0.325 e. The van der Waals surface area contributed by atoms with Gasteiger partial charge in [0.2, 0.25) is 5.91 Å². The number of carbonyl (C=O) groups is 1. The van der Waals surface area contributed by atoms with Gasteiger partial charge in [0.05, 0.1) is 27.2 Å². The first-order chi connectivity index (χ1) is 13.5. The number of fused-ring (bicyclic) bond motifs is 1. The van der Waals surface area contributed by atoms with Crippen LogP contribution in [0.3, 0.4) is 0 Å². The van der Waals surface area contributed by atoms with Crippen LogP contribution in [-0.4, -0.2) is 21.2 Å². The number of allylic oxidation sites excluding steroid dienone is 1. The molecule has 1 heterocycles. The van der Waals surface area contributed by atoms with Crippen LogP contribution in [0.4, 0.5) is 5.69 Å². The van der Waals surface area contributed by atoms with Gasteiger partial charge in [0.15, 0.2) is 5.16 Å². The number of hydrogen-bond acceptors (Lipinski definition) is 5. The zero-order valence-electron chi connectivity index (χ0n) is 14.7. The average molecular weight is 411 g/mol. The predicted octanol–water partition coefficient (Wildman–Crippen LogP) is 3.84. The van der Waals surface area contributed by atoms with Crippen molar-refractivity contribution in [2.24, 2.45) is 0 Å². The monoisotopic (exact) mass is 410 g/mol. The highest BCUT2D eigenvalue weighted by Gasteiger charge is 2.13. The van der Waals surface area contributed by atoms with Crippen molar-refractivity contribution in [3.63, 3.8) is 0 Å². The Bertz CT molecular complexity index is 1170. The molecule has 8 heteroatoms. The van der Waals surface area contributed by atoms with Crippen LogP contribution < -0.4 is 10.9 Å². The highest BCUT2D eigenvalue weighted by atomic mass is 35.5. The number of halogens is 1. The van der Waals surface area contributed by atoms with E-state index < -0.39 is 0 Å². The summed E-state index contributed by atoms with van der Waals surface area (Å²) in [5.74, 6) is -0.224. The summed E-state index contributed by atoms with van der Waals surface area (Å²) in [6.45, 7) is 3.98. The maximum Gasteiger partial charge on any atom is 0.262 e. The van der Waals surface area contributed by atoms with E-state index in [2.05, 4.69) is 16.9 Å². The summed E-state index contributed by atoms with van der Waals surface area (Å²) in [4.78, 5) is 29.5. The molecule has 0 saturated heterocycles. The van der Waals surface area contributed by atoms with Crippen molar-refractivity contribution in [1.29, 1.82) is 5.26 Å². The molecule has 0 aliphatic carbocycles. The molecule has 0 radical (unpaired) electrons. The lowest BCUT2D eigenvalue weighted by Crippen LogP contribution is -2.23. The topological polar surface area (TPSA) is 87.8 Å². The molecule has 1 amide bonds. The lowest BCUT2D eigenvalue weighted by Gasteiger charge is -2.11. The van der Waals surface area contributed by atoms with E-state index in [1.54, 1.807) is 30.3 Å². The number of benzene rings is 2. The van der Waals surface area contributed by atoms with Crippen molar-refractivity contribution in [2.75, 3.05) is 11.1 Å². The molecule has 0 atom stereocenters. The van der Waals surface area contributed by atoms with E-state index in [-0.39, 0.29) is 22.2 Å². The van der Waals surface area contributed by atoms with Crippen molar-refractivity contribution in [1.82, 2.24) is 9.55 Å². The lowest BCUT2D eigenvalue weighted by molar-refractivity contribution is -0.113. The molecule has 0 fully saturated rings. The van der Waals surface area contributed by atoms with Gasteiger partial charge in [0, 0.05) is 12.2 Å². The molecule has 2 aromatic carbocycles. The normalized spacial score (nSPS) is 10.4. The van der Waals surface area contributed by atoms with Crippen LogP contribution in [0.25, 0.3) is 10.9 Å². The summed E-state index contributed by atoms with van der Waals surface area (Å²) in [6, 6.07) is 13.7. The summed E-state index contributed by atoms with van der Waals surface area (Å²) in [6.07, 6.45) is 1.61. The molecule has 1 N–H and O–H groups in total. The zero-order chi connectivity index (χ0) is 20.1. The molecule has 0 aliphatic rings. The van der Waals surface area contributed by atoms with Crippen LogP contribution >= 0.6 is 23.4 Å². The van der Waals surface area contributed by atoms with Gasteiger partial charge in [-0.05, 0) is 30.3 Å². The third kappa shape index (κ3) is 4.25. The van der Waals surface area contributed by atoms with Gasteiger partial charge in [-0.2, -0.15) is 5.26 Å². The molecule has 6 nitrogen and oxygen atoms in total. The minimum atomic E-state index is -0.279. The number of nitrogens with zero attached hydrogens (tertiary/aromatic N) is 3. The smallest absolute Gasteiger partial charge is 0.262 e. The van der Waals surface area contributed by atoms with E-state index in [4.69, 9.17) is 16.9 Å².